The summed E-state index contributed by atoms with van der Waals surface area (Å²) in [5.74, 6) is 1.02. The Balaban J connectivity index is 1.36. The second-order valence-corrected chi connectivity index (χ2v) is 8.48. The molecule has 0 bridgehead atoms. The third-order valence-corrected chi connectivity index (χ3v) is 6.12. The van der Waals surface area contributed by atoms with Crippen molar-refractivity contribution in [3.8, 4) is 11.4 Å². The summed E-state index contributed by atoms with van der Waals surface area (Å²) in [6.07, 6.45) is -3.82. The van der Waals surface area contributed by atoms with E-state index in [-0.39, 0.29) is 12.1 Å². The molecule has 1 amide bonds. The van der Waals surface area contributed by atoms with Crippen LogP contribution in [0.2, 0.25) is 0 Å². The predicted molar refractivity (Wildman–Crippen MR) is 135 cm³/mol. The van der Waals surface area contributed by atoms with Gasteiger partial charge in [0.1, 0.15) is 0 Å². The lowest BCUT2D eigenvalue weighted by molar-refractivity contribution is -0.138. The van der Waals surface area contributed by atoms with Crippen molar-refractivity contribution in [2.75, 3.05) is 23.8 Å². The number of nitrogens with zero attached hydrogens (tertiary/aromatic N) is 4. The zero-order valence-corrected chi connectivity index (χ0v) is 19.9. The summed E-state index contributed by atoms with van der Waals surface area (Å²) < 4.78 is 39.8. The van der Waals surface area contributed by atoms with Gasteiger partial charge in [0, 0.05) is 37.0 Å². The quantitative estimate of drug-likeness (QED) is 0.375. The lowest BCUT2D eigenvalue weighted by atomic mass is 10.1. The van der Waals surface area contributed by atoms with Crippen molar-refractivity contribution < 1.29 is 18.0 Å². The molecule has 2 N–H and O–H groups in total. The molecule has 10 heteroatoms. The summed E-state index contributed by atoms with van der Waals surface area (Å²) >= 11 is 0. The van der Waals surface area contributed by atoms with Gasteiger partial charge in [-0.25, -0.2) is 0 Å². The lowest BCUT2D eigenvalue weighted by Crippen LogP contribution is -2.24. The predicted octanol–water partition coefficient (Wildman–Crippen LogP) is 5.22. The molecule has 3 aromatic carbocycles. The van der Waals surface area contributed by atoms with Crippen LogP contribution in [-0.2, 0) is 19.1 Å². The van der Waals surface area contributed by atoms with Crippen LogP contribution in [0, 0.1) is 0 Å². The Kier molecular flexibility index (Phi) is 6.47. The van der Waals surface area contributed by atoms with E-state index in [2.05, 4.69) is 25.6 Å². The maximum atomic E-state index is 13.3. The number of amides is 1. The molecule has 7 nitrogen and oxygen atoms in total. The molecule has 0 spiro atoms. The molecule has 0 saturated carbocycles. The van der Waals surface area contributed by atoms with E-state index in [1.807, 2.05) is 41.3 Å². The van der Waals surface area contributed by atoms with E-state index in [0.717, 1.165) is 22.9 Å². The van der Waals surface area contributed by atoms with Crippen LogP contribution in [0.25, 0.3) is 11.4 Å². The number of rotatable bonds is 6. The van der Waals surface area contributed by atoms with Crippen molar-refractivity contribution in [3.05, 3.63) is 95.1 Å². The maximum Gasteiger partial charge on any atom is 0.416 e. The van der Waals surface area contributed by atoms with Gasteiger partial charge in [0.25, 0.3) is 5.91 Å². The van der Waals surface area contributed by atoms with Crippen LogP contribution in [0.5, 0.6) is 0 Å². The topological polar surface area (TPSA) is 83.0 Å². The number of nitrogens with one attached hydrogen (secondary N) is 2. The van der Waals surface area contributed by atoms with Crippen LogP contribution in [-0.4, -0.2) is 34.5 Å². The molecule has 0 fully saturated rings. The smallest absolute Gasteiger partial charge is 0.357 e. The molecule has 37 heavy (non-hydrogen) atoms. The first-order chi connectivity index (χ1) is 17.8. The maximum absolute atomic E-state index is 13.3. The van der Waals surface area contributed by atoms with Crippen LogP contribution in [0.1, 0.15) is 27.0 Å². The van der Waals surface area contributed by atoms with Gasteiger partial charge in [0.2, 0.25) is 11.9 Å². The number of benzene rings is 3. The molecule has 4 aromatic rings. The average molecular weight is 505 g/mol. The first-order valence-electron chi connectivity index (χ1n) is 11.7. The van der Waals surface area contributed by atoms with E-state index < -0.39 is 17.6 Å². The molecule has 0 atom stereocenters. The molecule has 1 aliphatic heterocycles. The molecule has 1 aliphatic rings. The Bertz CT molecular complexity index is 1440. The fraction of sp³-hybridized carbons (Fsp3) is 0.185. The van der Waals surface area contributed by atoms with Crippen molar-refractivity contribution >= 4 is 23.5 Å². The highest BCUT2D eigenvalue weighted by Crippen LogP contribution is 2.35. The number of carbonyl (C=O) groups is 1. The summed E-state index contributed by atoms with van der Waals surface area (Å²) in [6, 6.07) is 20.0. The summed E-state index contributed by atoms with van der Waals surface area (Å²) in [7, 11) is 1.74. The molecular formula is C27H23F3N6O. The first kappa shape index (κ1) is 24.2. The lowest BCUT2D eigenvalue weighted by Gasteiger charge is -2.19. The number of fused-ring (bicyclic) bond motifs is 1. The number of alkyl halides is 3. The summed E-state index contributed by atoms with van der Waals surface area (Å²) in [5.41, 5.74) is 2.29. The fourth-order valence-electron chi connectivity index (χ4n) is 4.29. The number of carbonyl (C=O) groups excluding carboxylic acids is 1. The van der Waals surface area contributed by atoms with Crippen LogP contribution >= 0.6 is 0 Å². The summed E-state index contributed by atoms with van der Waals surface area (Å²) in [6.45, 7) is 0.387. The molecule has 2 heterocycles. The van der Waals surface area contributed by atoms with Gasteiger partial charge < -0.3 is 15.5 Å². The van der Waals surface area contributed by atoms with Crippen LogP contribution in [0.4, 0.5) is 30.8 Å². The highest BCUT2D eigenvalue weighted by molar-refractivity contribution is 5.95. The number of hydrogen-bond donors (Lipinski definition) is 2. The minimum atomic E-state index is -4.49. The second-order valence-electron chi connectivity index (χ2n) is 8.48. The van der Waals surface area contributed by atoms with Gasteiger partial charge in [-0.2, -0.15) is 28.1 Å². The van der Waals surface area contributed by atoms with E-state index in [4.69, 9.17) is 0 Å². The summed E-state index contributed by atoms with van der Waals surface area (Å²) in [4.78, 5) is 28.4. The molecule has 5 rings (SSSR count). The van der Waals surface area contributed by atoms with Gasteiger partial charge in [0.15, 0.2) is 5.82 Å². The van der Waals surface area contributed by atoms with Crippen molar-refractivity contribution in [3.63, 3.8) is 0 Å². The minimum Gasteiger partial charge on any atom is -0.357 e. The summed E-state index contributed by atoms with van der Waals surface area (Å²) in [5, 5.41) is 5.59. The number of anilines is 3. The van der Waals surface area contributed by atoms with E-state index >= 15 is 0 Å². The molecule has 0 radical (unpaired) electrons. The van der Waals surface area contributed by atoms with Gasteiger partial charge in [-0.3, -0.25) is 4.79 Å². The van der Waals surface area contributed by atoms with E-state index in [1.54, 1.807) is 19.2 Å². The fourth-order valence-corrected chi connectivity index (χ4v) is 4.29. The van der Waals surface area contributed by atoms with Crippen molar-refractivity contribution in [1.29, 1.82) is 0 Å². The Morgan fingerprint density at radius 1 is 0.973 bits per heavy atom. The van der Waals surface area contributed by atoms with E-state index in [9.17, 15) is 18.0 Å². The zero-order chi connectivity index (χ0) is 26.0. The Hall–Kier alpha value is -4.47. The minimum absolute atomic E-state index is 0.0140. The zero-order valence-electron chi connectivity index (χ0n) is 19.9. The molecule has 0 aliphatic carbocycles. The van der Waals surface area contributed by atoms with E-state index in [1.165, 1.54) is 18.2 Å². The molecule has 1 aromatic heterocycles. The highest BCUT2D eigenvalue weighted by atomic mass is 19.4. The third-order valence-electron chi connectivity index (χ3n) is 6.12. The average Bonchev–Trinajstić information content (AvgIpc) is 3.35. The van der Waals surface area contributed by atoms with Crippen molar-refractivity contribution in [1.82, 2.24) is 20.3 Å². The van der Waals surface area contributed by atoms with Gasteiger partial charge >= 0.3 is 6.18 Å². The monoisotopic (exact) mass is 504 g/mol. The first-order valence-corrected chi connectivity index (χ1v) is 11.7. The SMILES string of the molecule is CNc1nc(-c2ccccc2)nc(N2CCc3cc(C(=O)NCc4ccccc4C(F)(F)F)ccc32)n1. The van der Waals surface area contributed by atoms with Crippen LogP contribution in [0.3, 0.4) is 0 Å². The Morgan fingerprint density at radius 3 is 2.49 bits per heavy atom. The number of hydrogen-bond acceptors (Lipinski definition) is 6. The molecule has 0 saturated heterocycles. The number of halogens is 3. The molecular weight excluding hydrogens is 481 g/mol. The Morgan fingerprint density at radius 2 is 1.73 bits per heavy atom. The second kappa shape index (κ2) is 9.88. The van der Waals surface area contributed by atoms with Gasteiger partial charge in [-0.1, -0.05) is 48.5 Å². The van der Waals surface area contributed by atoms with Crippen LogP contribution < -0.4 is 15.5 Å². The molecule has 188 valence electrons. The Labute approximate surface area is 211 Å². The largest absolute Gasteiger partial charge is 0.416 e. The van der Waals surface area contributed by atoms with Crippen LogP contribution in [0.15, 0.2) is 72.8 Å². The van der Waals surface area contributed by atoms with Gasteiger partial charge in [-0.15, -0.1) is 0 Å². The molecule has 0 unspecified atom stereocenters. The van der Waals surface area contributed by atoms with Gasteiger partial charge in [-0.05, 0) is 41.8 Å². The van der Waals surface area contributed by atoms with Crippen molar-refractivity contribution in [2.45, 2.75) is 19.1 Å². The number of aromatic nitrogens is 3. The highest BCUT2D eigenvalue weighted by Gasteiger charge is 2.33. The standard InChI is InChI=1S/C27H23F3N6O/c1-31-25-33-23(17-7-3-2-4-8-17)34-26(35-25)36-14-13-18-15-19(11-12-22(18)36)24(37)32-16-20-9-5-6-10-21(20)27(28,29)30/h2-12,15H,13-14,16H2,1H3,(H,32,37)(H,31,33,34,35). The third kappa shape index (κ3) is 5.09. The van der Waals surface area contributed by atoms with Gasteiger partial charge in [0.05, 0.1) is 5.56 Å². The van der Waals surface area contributed by atoms with Crippen molar-refractivity contribution in [2.24, 2.45) is 0 Å². The normalized spacial score (nSPS) is 12.8. The van der Waals surface area contributed by atoms with E-state index in [0.29, 0.717) is 36.3 Å².